The Balaban J connectivity index is 1.51. The van der Waals surface area contributed by atoms with E-state index in [0.29, 0.717) is 18.8 Å². The highest BCUT2D eigenvalue weighted by molar-refractivity contribution is 7.90. The molecule has 34 heavy (non-hydrogen) atoms. The van der Waals surface area contributed by atoms with E-state index in [-0.39, 0.29) is 4.90 Å². The number of rotatable bonds is 7. The fourth-order valence-corrected chi connectivity index (χ4v) is 4.56. The normalized spacial score (nSPS) is 11.5. The van der Waals surface area contributed by atoms with Gasteiger partial charge in [-0.2, -0.15) is 0 Å². The van der Waals surface area contributed by atoms with Crippen molar-refractivity contribution in [3.05, 3.63) is 95.1 Å². The number of aromatic nitrogens is 3. The van der Waals surface area contributed by atoms with Crippen molar-refractivity contribution in [3.8, 4) is 0 Å². The van der Waals surface area contributed by atoms with Crippen molar-refractivity contribution in [3.63, 3.8) is 0 Å². The Hall–Kier alpha value is -3.78. The van der Waals surface area contributed by atoms with Crippen molar-refractivity contribution < 1.29 is 8.42 Å². The van der Waals surface area contributed by atoms with E-state index in [1.807, 2.05) is 38.1 Å². The third-order valence-corrected chi connectivity index (χ3v) is 6.85. The SMILES string of the molecule is C=C(NCc1c(C)cc(N)nc1C)c1ccnc(Cc2cnc3ccc(S(C)(=O)=O)cc3c2)c1. The zero-order chi connectivity index (χ0) is 24.5. The van der Waals surface area contributed by atoms with Crippen molar-refractivity contribution in [2.45, 2.75) is 31.7 Å². The molecule has 0 aliphatic heterocycles. The number of pyridine rings is 3. The fraction of sp³-hybridized carbons (Fsp3) is 0.192. The first-order chi connectivity index (χ1) is 16.1. The number of anilines is 1. The number of benzene rings is 1. The van der Waals surface area contributed by atoms with Crippen molar-refractivity contribution in [1.82, 2.24) is 20.3 Å². The second-order valence-corrected chi connectivity index (χ2v) is 10.5. The first kappa shape index (κ1) is 23.4. The van der Waals surface area contributed by atoms with E-state index in [1.54, 1.807) is 30.6 Å². The minimum absolute atomic E-state index is 0.281. The highest BCUT2D eigenvalue weighted by Gasteiger charge is 2.10. The number of aryl methyl sites for hydroxylation is 2. The smallest absolute Gasteiger partial charge is 0.175 e. The zero-order valence-electron chi connectivity index (χ0n) is 19.5. The largest absolute Gasteiger partial charge is 0.384 e. The lowest BCUT2D eigenvalue weighted by Gasteiger charge is -2.14. The molecule has 1 aromatic carbocycles. The van der Waals surface area contributed by atoms with Crippen molar-refractivity contribution >= 4 is 32.3 Å². The predicted octanol–water partition coefficient (Wildman–Crippen LogP) is 3.98. The van der Waals surface area contributed by atoms with Crippen molar-refractivity contribution in [2.75, 3.05) is 12.0 Å². The molecule has 3 aromatic heterocycles. The Morgan fingerprint density at radius 3 is 2.62 bits per heavy atom. The monoisotopic (exact) mass is 473 g/mol. The van der Waals surface area contributed by atoms with Gasteiger partial charge in [-0.1, -0.05) is 6.58 Å². The molecule has 0 unspecified atom stereocenters. The molecule has 4 rings (SSSR count). The number of nitrogens with zero attached hydrogens (tertiary/aromatic N) is 3. The Labute approximate surface area is 199 Å². The molecule has 0 saturated carbocycles. The number of nitrogens with one attached hydrogen (secondary N) is 1. The van der Waals surface area contributed by atoms with Crippen molar-refractivity contribution in [1.29, 1.82) is 0 Å². The Morgan fingerprint density at radius 1 is 1.09 bits per heavy atom. The molecule has 0 bridgehead atoms. The average Bonchev–Trinajstić information content (AvgIpc) is 2.77. The van der Waals surface area contributed by atoms with Gasteiger partial charge in [0.2, 0.25) is 0 Å². The second kappa shape index (κ2) is 9.23. The molecule has 0 radical (unpaired) electrons. The summed E-state index contributed by atoms with van der Waals surface area (Å²) in [5, 5.41) is 4.16. The van der Waals surface area contributed by atoms with Gasteiger partial charge in [0.25, 0.3) is 0 Å². The van der Waals surface area contributed by atoms with Gasteiger partial charge >= 0.3 is 0 Å². The summed E-state index contributed by atoms with van der Waals surface area (Å²) in [5.41, 5.74) is 13.2. The maximum absolute atomic E-state index is 11.9. The molecule has 0 spiro atoms. The Bertz CT molecular complexity index is 1490. The summed E-state index contributed by atoms with van der Waals surface area (Å²) in [5.74, 6) is 0.520. The maximum atomic E-state index is 11.9. The van der Waals surface area contributed by atoms with Crippen LogP contribution in [0.4, 0.5) is 5.82 Å². The minimum Gasteiger partial charge on any atom is -0.384 e. The topological polar surface area (TPSA) is 111 Å². The van der Waals surface area contributed by atoms with Crippen LogP contribution in [0.1, 0.15) is 33.6 Å². The van der Waals surface area contributed by atoms with Gasteiger partial charge in [0, 0.05) is 59.6 Å². The molecule has 0 aliphatic carbocycles. The van der Waals surface area contributed by atoms with Gasteiger partial charge in [-0.25, -0.2) is 13.4 Å². The molecular weight excluding hydrogens is 446 g/mol. The third kappa shape index (κ3) is 5.23. The summed E-state index contributed by atoms with van der Waals surface area (Å²) < 4.78 is 23.8. The van der Waals surface area contributed by atoms with Gasteiger partial charge in [0.1, 0.15) is 5.82 Å². The number of nitrogen functional groups attached to an aromatic ring is 1. The minimum atomic E-state index is -3.28. The van der Waals surface area contributed by atoms with E-state index in [0.717, 1.165) is 50.2 Å². The van der Waals surface area contributed by atoms with E-state index in [4.69, 9.17) is 5.73 Å². The van der Waals surface area contributed by atoms with Gasteiger partial charge in [0.15, 0.2) is 9.84 Å². The van der Waals surface area contributed by atoms with Gasteiger partial charge in [-0.05, 0) is 73.0 Å². The number of sulfone groups is 1. The number of hydrogen-bond donors (Lipinski definition) is 2. The molecule has 174 valence electrons. The lowest BCUT2D eigenvalue weighted by atomic mass is 10.1. The summed E-state index contributed by atoms with van der Waals surface area (Å²) in [6.07, 6.45) is 5.32. The maximum Gasteiger partial charge on any atom is 0.175 e. The van der Waals surface area contributed by atoms with Gasteiger partial charge < -0.3 is 11.1 Å². The van der Waals surface area contributed by atoms with Gasteiger partial charge in [-0.3, -0.25) is 9.97 Å². The molecule has 3 N–H and O–H groups in total. The molecule has 0 amide bonds. The standard InChI is InChI=1S/C26H27N5O2S/c1-16-9-26(27)31-18(3)24(16)15-29-17(2)20-7-8-28-22(12-20)11-19-10-21-13-23(34(4,32)33)5-6-25(21)30-14-19/h5-10,12-14,29H,2,11,15H2,1,3-4H3,(H2,27,31). The van der Waals surface area contributed by atoms with Crippen LogP contribution >= 0.6 is 0 Å². The second-order valence-electron chi connectivity index (χ2n) is 8.44. The molecule has 0 atom stereocenters. The van der Waals surface area contributed by atoms with E-state index in [1.165, 1.54) is 6.26 Å². The molecule has 7 nitrogen and oxygen atoms in total. The Morgan fingerprint density at radius 2 is 1.88 bits per heavy atom. The number of fused-ring (bicyclic) bond motifs is 1. The lowest BCUT2D eigenvalue weighted by Crippen LogP contribution is -2.14. The summed E-state index contributed by atoms with van der Waals surface area (Å²) >= 11 is 0. The number of hydrogen-bond acceptors (Lipinski definition) is 7. The molecule has 0 saturated heterocycles. The van der Waals surface area contributed by atoms with E-state index in [9.17, 15) is 8.42 Å². The van der Waals surface area contributed by atoms with Crippen LogP contribution in [-0.2, 0) is 22.8 Å². The van der Waals surface area contributed by atoms with Crippen LogP contribution in [0.2, 0.25) is 0 Å². The third-order valence-electron chi connectivity index (χ3n) is 5.74. The van der Waals surface area contributed by atoms with Gasteiger partial charge in [-0.15, -0.1) is 0 Å². The summed E-state index contributed by atoms with van der Waals surface area (Å²) in [6, 6.07) is 12.7. The highest BCUT2D eigenvalue weighted by atomic mass is 32.2. The highest BCUT2D eigenvalue weighted by Crippen LogP contribution is 2.21. The molecule has 8 heteroatoms. The lowest BCUT2D eigenvalue weighted by molar-refractivity contribution is 0.602. The first-order valence-corrected chi connectivity index (χ1v) is 12.7. The van der Waals surface area contributed by atoms with Crippen LogP contribution in [0.5, 0.6) is 0 Å². The number of nitrogens with two attached hydrogens (primary N) is 1. The van der Waals surface area contributed by atoms with Crippen LogP contribution in [-0.4, -0.2) is 29.6 Å². The van der Waals surface area contributed by atoms with Crippen LogP contribution < -0.4 is 11.1 Å². The van der Waals surface area contributed by atoms with Crippen LogP contribution in [0, 0.1) is 13.8 Å². The van der Waals surface area contributed by atoms with Gasteiger partial charge in [0.05, 0.1) is 10.4 Å². The van der Waals surface area contributed by atoms with Crippen molar-refractivity contribution in [2.24, 2.45) is 0 Å². The molecule has 0 aliphatic rings. The summed E-state index contributed by atoms with van der Waals surface area (Å²) in [6.45, 7) is 8.75. The predicted molar refractivity (Wildman–Crippen MR) is 136 cm³/mol. The van der Waals surface area contributed by atoms with Crippen LogP contribution in [0.3, 0.4) is 0 Å². The van der Waals surface area contributed by atoms with Crippen LogP contribution in [0.25, 0.3) is 16.6 Å². The summed E-state index contributed by atoms with van der Waals surface area (Å²) in [4.78, 5) is 13.6. The molecule has 3 heterocycles. The van der Waals surface area contributed by atoms with E-state index < -0.39 is 9.84 Å². The van der Waals surface area contributed by atoms with E-state index >= 15 is 0 Å². The average molecular weight is 474 g/mol. The van der Waals surface area contributed by atoms with E-state index in [2.05, 4.69) is 26.8 Å². The quantitative estimate of drug-likeness (QED) is 0.418. The first-order valence-electron chi connectivity index (χ1n) is 10.8. The summed E-state index contributed by atoms with van der Waals surface area (Å²) in [7, 11) is -3.28. The molecular formula is C26H27N5O2S. The molecule has 0 fully saturated rings. The fourth-order valence-electron chi connectivity index (χ4n) is 3.91. The Kier molecular flexibility index (Phi) is 6.34. The van der Waals surface area contributed by atoms with Crippen LogP contribution in [0.15, 0.2) is 66.3 Å². The molecule has 4 aromatic rings. The zero-order valence-corrected chi connectivity index (χ0v) is 20.3.